The fraction of sp³-hybridized carbons (Fsp3) is 0.984. The van der Waals surface area contributed by atoms with Crippen molar-refractivity contribution in [2.24, 2.45) is 0 Å². The molecule has 1 fully saturated rings. The molecule has 11 nitrogen and oxygen atoms in total. The van der Waals surface area contributed by atoms with Crippen LogP contribution in [0.4, 0.5) is 0 Å². The van der Waals surface area contributed by atoms with Gasteiger partial charge in [-0.3, -0.25) is 4.79 Å². The zero-order valence-electron chi connectivity index (χ0n) is 47.2. The molecule has 9 unspecified atom stereocenters. The molecular formula is C61H121NO10. The van der Waals surface area contributed by atoms with Gasteiger partial charge in [-0.25, -0.2) is 0 Å². The fourth-order valence-electron chi connectivity index (χ4n) is 10.6. The van der Waals surface area contributed by atoms with E-state index < -0.39 is 74.2 Å². The van der Waals surface area contributed by atoms with E-state index in [2.05, 4.69) is 19.2 Å². The summed E-state index contributed by atoms with van der Waals surface area (Å²) in [6.45, 7) is 3.51. The molecule has 0 aromatic rings. The normalized spacial score (nSPS) is 19.9. The predicted octanol–water partition coefficient (Wildman–Crippen LogP) is 13.7. The Morgan fingerprint density at radius 3 is 1.03 bits per heavy atom. The molecule has 1 heterocycles. The molecule has 1 saturated heterocycles. The van der Waals surface area contributed by atoms with Crippen LogP contribution in [-0.2, 0) is 14.3 Å². The second kappa shape index (κ2) is 50.9. The maximum Gasteiger partial charge on any atom is 0.249 e. The summed E-state index contributed by atoms with van der Waals surface area (Å²) < 4.78 is 11.2. The fourth-order valence-corrected chi connectivity index (χ4v) is 10.6. The van der Waals surface area contributed by atoms with Gasteiger partial charge >= 0.3 is 0 Å². The monoisotopic (exact) mass is 1030 g/mol. The average Bonchev–Trinajstić information content (AvgIpc) is 3.38. The molecule has 0 saturated carbocycles. The van der Waals surface area contributed by atoms with Gasteiger partial charge in [0, 0.05) is 0 Å². The van der Waals surface area contributed by atoms with E-state index in [1.165, 1.54) is 238 Å². The van der Waals surface area contributed by atoms with E-state index in [4.69, 9.17) is 9.47 Å². The molecule has 0 bridgehead atoms. The van der Waals surface area contributed by atoms with E-state index in [9.17, 15) is 40.5 Å². The Balaban J connectivity index is 2.23. The second-order valence-corrected chi connectivity index (χ2v) is 22.5. The summed E-state index contributed by atoms with van der Waals surface area (Å²) in [6.07, 6.45) is 47.4. The van der Waals surface area contributed by atoms with Crippen molar-refractivity contribution in [3.8, 4) is 0 Å². The van der Waals surface area contributed by atoms with Gasteiger partial charge in [0.15, 0.2) is 6.29 Å². The first-order chi connectivity index (χ1) is 35.2. The Labute approximate surface area is 443 Å². The average molecular weight is 1030 g/mol. The molecule has 8 N–H and O–H groups in total. The lowest BCUT2D eigenvalue weighted by Crippen LogP contribution is -2.60. The number of nitrogens with one attached hydrogen (secondary N) is 1. The highest BCUT2D eigenvalue weighted by atomic mass is 16.7. The van der Waals surface area contributed by atoms with Crippen LogP contribution < -0.4 is 5.32 Å². The molecular weight excluding hydrogens is 907 g/mol. The number of carbonyl (C=O) groups excluding carboxylic acids is 1. The Bertz CT molecular complexity index is 1130. The highest BCUT2D eigenvalue weighted by Crippen LogP contribution is 2.24. The zero-order valence-corrected chi connectivity index (χ0v) is 47.2. The van der Waals surface area contributed by atoms with E-state index in [1.807, 2.05) is 0 Å². The lowest BCUT2D eigenvalue weighted by molar-refractivity contribution is -0.303. The summed E-state index contributed by atoms with van der Waals surface area (Å²) in [4.78, 5) is 13.2. The van der Waals surface area contributed by atoms with Crippen molar-refractivity contribution in [1.29, 1.82) is 0 Å². The van der Waals surface area contributed by atoms with Crippen LogP contribution in [0.25, 0.3) is 0 Å². The molecule has 0 aliphatic carbocycles. The maximum absolute atomic E-state index is 13.2. The van der Waals surface area contributed by atoms with Gasteiger partial charge in [0.25, 0.3) is 0 Å². The largest absolute Gasteiger partial charge is 0.394 e. The summed E-state index contributed by atoms with van der Waals surface area (Å²) in [7, 11) is 0. The number of hydrogen-bond acceptors (Lipinski definition) is 10. The summed E-state index contributed by atoms with van der Waals surface area (Å²) in [5.74, 6) is -0.688. The van der Waals surface area contributed by atoms with Crippen LogP contribution in [0.3, 0.4) is 0 Å². The summed E-state index contributed by atoms with van der Waals surface area (Å²) >= 11 is 0. The quantitative estimate of drug-likeness (QED) is 0.0272. The number of rotatable bonds is 55. The van der Waals surface area contributed by atoms with Gasteiger partial charge < -0.3 is 50.5 Å². The van der Waals surface area contributed by atoms with Crippen LogP contribution in [0.1, 0.15) is 316 Å². The van der Waals surface area contributed by atoms with Crippen LogP contribution in [0, 0.1) is 0 Å². The topological polar surface area (TPSA) is 189 Å². The van der Waals surface area contributed by atoms with Crippen molar-refractivity contribution in [3.05, 3.63) is 0 Å². The lowest BCUT2D eigenvalue weighted by Gasteiger charge is -2.40. The van der Waals surface area contributed by atoms with Gasteiger partial charge in [0.1, 0.15) is 36.6 Å². The molecule has 11 heteroatoms. The molecule has 72 heavy (non-hydrogen) atoms. The molecule has 1 rings (SSSR count). The number of carbonyl (C=O) groups is 1. The SMILES string of the molecule is CCCCCCCCCCCCCCCCCCCCCCCCCCCCCC(O)C(=O)NC(COC1OC(CO)C(O)C(O)C1O)C(O)C(O)CCCCCCCCCCCCCCCCCCCC. The molecule has 0 aromatic heterocycles. The summed E-state index contributed by atoms with van der Waals surface area (Å²) in [6, 6.07) is -1.16. The van der Waals surface area contributed by atoms with Crippen LogP contribution in [0.2, 0.25) is 0 Å². The molecule has 0 radical (unpaired) electrons. The van der Waals surface area contributed by atoms with Gasteiger partial charge in [-0.05, 0) is 12.8 Å². The van der Waals surface area contributed by atoms with Crippen LogP contribution >= 0.6 is 0 Å². The van der Waals surface area contributed by atoms with Crippen molar-refractivity contribution in [3.63, 3.8) is 0 Å². The second-order valence-electron chi connectivity index (χ2n) is 22.5. The number of hydrogen-bond donors (Lipinski definition) is 8. The van der Waals surface area contributed by atoms with Crippen LogP contribution in [-0.4, -0.2) is 110 Å². The standard InChI is InChI=1S/C61H121NO10/c1-3-5-7-9-11-13-15-17-19-21-23-24-25-26-27-28-29-30-31-33-35-37-39-41-43-45-47-49-54(65)60(70)62-52(51-71-61-59(69)58(68)57(67)55(50-63)72-61)56(66)53(64)48-46-44-42-40-38-36-34-32-22-20-18-16-14-12-10-8-6-4-2/h52-59,61,63-69H,3-51H2,1-2H3,(H,62,70). The van der Waals surface area contributed by atoms with Crippen molar-refractivity contribution >= 4 is 5.91 Å². The van der Waals surface area contributed by atoms with E-state index >= 15 is 0 Å². The van der Waals surface area contributed by atoms with Gasteiger partial charge in [0.2, 0.25) is 5.91 Å². The van der Waals surface area contributed by atoms with E-state index in [0.29, 0.717) is 19.3 Å². The minimum absolute atomic E-state index is 0.267. The van der Waals surface area contributed by atoms with Gasteiger partial charge in [-0.15, -0.1) is 0 Å². The predicted molar refractivity (Wildman–Crippen MR) is 298 cm³/mol. The van der Waals surface area contributed by atoms with E-state index in [0.717, 1.165) is 38.5 Å². The first-order valence-corrected chi connectivity index (χ1v) is 31.4. The summed E-state index contributed by atoms with van der Waals surface area (Å²) in [5.41, 5.74) is 0. The molecule has 1 aliphatic rings. The first-order valence-electron chi connectivity index (χ1n) is 31.4. The molecule has 0 spiro atoms. The number of ether oxygens (including phenoxy) is 2. The number of aliphatic hydroxyl groups excluding tert-OH is 7. The highest BCUT2D eigenvalue weighted by Gasteiger charge is 2.44. The third-order valence-corrected chi connectivity index (χ3v) is 15.7. The Morgan fingerprint density at radius 2 is 0.722 bits per heavy atom. The minimum atomic E-state index is -1.66. The third-order valence-electron chi connectivity index (χ3n) is 15.7. The van der Waals surface area contributed by atoms with Crippen molar-refractivity contribution < 1.29 is 50.0 Å². The van der Waals surface area contributed by atoms with Crippen molar-refractivity contribution in [2.45, 2.75) is 371 Å². The highest BCUT2D eigenvalue weighted by molar-refractivity contribution is 5.80. The van der Waals surface area contributed by atoms with Crippen molar-refractivity contribution in [1.82, 2.24) is 5.32 Å². The zero-order chi connectivity index (χ0) is 52.5. The third kappa shape index (κ3) is 38.6. The Kier molecular flexibility index (Phi) is 48.9. The smallest absolute Gasteiger partial charge is 0.249 e. The first kappa shape index (κ1) is 69.1. The Hall–Kier alpha value is -0.890. The van der Waals surface area contributed by atoms with Gasteiger partial charge in [0.05, 0.1) is 25.4 Å². The number of unbranched alkanes of at least 4 members (excludes halogenated alkanes) is 43. The van der Waals surface area contributed by atoms with Gasteiger partial charge in [-0.1, -0.05) is 303 Å². The molecule has 1 amide bonds. The van der Waals surface area contributed by atoms with Crippen molar-refractivity contribution in [2.75, 3.05) is 13.2 Å². The van der Waals surface area contributed by atoms with Gasteiger partial charge in [-0.2, -0.15) is 0 Å². The molecule has 0 aromatic carbocycles. The number of amides is 1. The molecule has 430 valence electrons. The Morgan fingerprint density at radius 1 is 0.431 bits per heavy atom. The van der Waals surface area contributed by atoms with Crippen LogP contribution in [0.5, 0.6) is 0 Å². The maximum atomic E-state index is 13.2. The lowest BCUT2D eigenvalue weighted by atomic mass is 9.98. The van der Waals surface area contributed by atoms with E-state index in [1.54, 1.807) is 0 Å². The van der Waals surface area contributed by atoms with E-state index in [-0.39, 0.29) is 6.42 Å². The minimum Gasteiger partial charge on any atom is -0.394 e. The molecule has 9 atom stereocenters. The summed E-state index contributed by atoms with van der Waals surface area (Å²) in [5, 5.41) is 76.3. The molecule has 1 aliphatic heterocycles. The number of aliphatic hydroxyl groups is 7. The van der Waals surface area contributed by atoms with Crippen LogP contribution in [0.15, 0.2) is 0 Å².